The Morgan fingerprint density at radius 1 is 1.24 bits per heavy atom. The van der Waals surface area contributed by atoms with Gasteiger partial charge in [0.1, 0.15) is 6.04 Å². The molecule has 0 aliphatic carbocycles. The molecule has 0 aromatic heterocycles. The van der Waals surface area contributed by atoms with Gasteiger partial charge in [0.15, 0.2) is 0 Å². The highest BCUT2D eigenvalue weighted by atomic mass is 16.4. The van der Waals surface area contributed by atoms with E-state index in [1.54, 1.807) is 18.7 Å². The van der Waals surface area contributed by atoms with Crippen molar-refractivity contribution in [2.45, 2.75) is 39.7 Å². The third kappa shape index (κ3) is 5.10. The first-order valence-electron chi connectivity index (χ1n) is 7.33. The molecule has 2 amide bonds. The number of rotatable bonds is 7. The van der Waals surface area contributed by atoms with E-state index in [1.165, 1.54) is 0 Å². The summed E-state index contributed by atoms with van der Waals surface area (Å²) in [5.41, 5.74) is 0.774. The number of nitrogens with zero attached hydrogens (tertiary/aromatic N) is 1. The molecule has 21 heavy (non-hydrogen) atoms. The second-order valence-corrected chi connectivity index (χ2v) is 5.35. The number of carboxylic acid groups (broad SMARTS) is 1. The highest BCUT2D eigenvalue weighted by molar-refractivity contribution is 5.94. The van der Waals surface area contributed by atoms with Crippen LogP contribution in [0.15, 0.2) is 30.3 Å². The number of hydrogen-bond donors (Lipinski definition) is 2. The van der Waals surface area contributed by atoms with E-state index < -0.39 is 12.0 Å². The molecule has 0 bridgehead atoms. The predicted molar refractivity (Wildman–Crippen MR) is 83.5 cm³/mol. The summed E-state index contributed by atoms with van der Waals surface area (Å²) in [5, 5.41) is 11.8. The molecule has 1 aromatic rings. The maximum Gasteiger partial charge on any atom is 0.326 e. The van der Waals surface area contributed by atoms with Crippen molar-refractivity contribution in [1.29, 1.82) is 0 Å². The van der Waals surface area contributed by atoms with Crippen LogP contribution in [0.3, 0.4) is 0 Å². The van der Waals surface area contributed by atoms with Gasteiger partial charge in [-0.3, -0.25) is 4.90 Å². The number of hydrogen-bond acceptors (Lipinski definition) is 2. The highest BCUT2D eigenvalue weighted by Crippen LogP contribution is 2.15. The van der Waals surface area contributed by atoms with Gasteiger partial charge in [-0.05, 0) is 24.5 Å². The molecule has 1 rings (SSSR count). The third-order valence-electron chi connectivity index (χ3n) is 3.26. The van der Waals surface area contributed by atoms with Crippen molar-refractivity contribution in [2.75, 3.05) is 11.4 Å². The van der Waals surface area contributed by atoms with Gasteiger partial charge in [0.25, 0.3) is 0 Å². The van der Waals surface area contributed by atoms with Gasteiger partial charge in [-0.15, -0.1) is 0 Å². The van der Waals surface area contributed by atoms with Crippen molar-refractivity contribution in [3.63, 3.8) is 0 Å². The number of amides is 2. The van der Waals surface area contributed by atoms with E-state index in [-0.39, 0.29) is 11.9 Å². The molecule has 1 aromatic carbocycles. The molecule has 116 valence electrons. The summed E-state index contributed by atoms with van der Waals surface area (Å²) in [6.07, 6.45) is 1.82. The fourth-order valence-electron chi connectivity index (χ4n) is 2.00. The number of urea groups is 1. The van der Waals surface area contributed by atoms with Crippen LogP contribution in [0.25, 0.3) is 0 Å². The van der Waals surface area contributed by atoms with E-state index in [0.29, 0.717) is 6.54 Å². The smallest absolute Gasteiger partial charge is 0.326 e. The van der Waals surface area contributed by atoms with Crippen molar-refractivity contribution >= 4 is 17.7 Å². The van der Waals surface area contributed by atoms with Crippen LogP contribution in [0.4, 0.5) is 10.5 Å². The molecule has 0 radical (unpaired) electrons. The number of para-hydroxylation sites is 1. The summed E-state index contributed by atoms with van der Waals surface area (Å²) < 4.78 is 0. The van der Waals surface area contributed by atoms with E-state index >= 15 is 0 Å². The molecule has 1 atom stereocenters. The van der Waals surface area contributed by atoms with Crippen LogP contribution in [0.1, 0.15) is 33.6 Å². The number of anilines is 1. The molecule has 0 fully saturated rings. The summed E-state index contributed by atoms with van der Waals surface area (Å²) in [6.45, 7) is 6.17. The van der Waals surface area contributed by atoms with Gasteiger partial charge >= 0.3 is 12.0 Å². The molecule has 0 aliphatic heterocycles. The van der Waals surface area contributed by atoms with E-state index in [2.05, 4.69) is 12.2 Å². The lowest BCUT2D eigenvalue weighted by Crippen LogP contribution is -2.50. The van der Waals surface area contributed by atoms with Gasteiger partial charge in [0.2, 0.25) is 0 Å². The monoisotopic (exact) mass is 292 g/mol. The average molecular weight is 292 g/mol. The van der Waals surface area contributed by atoms with Crippen LogP contribution < -0.4 is 10.2 Å². The SMILES string of the molecule is CCCCN(C(=O)N[C@@H](C(=O)O)C(C)C)c1ccccc1. The molecule has 0 saturated carbocycles. The van der Waals surface area contributed by atoms with Crippen LogP contribution in [0.5, 0.6) is 0 Å². The Morgan fingerprint density at radius 2 is 1.86 bits per heavy atom. The van der Waals surface area contributed by atoms with Crippen LogP contribution in [0.2, 0.25) is 0 Å². The Kier molecular flexibility index (Phi) is 6.72. The molecular weight excluding hydrogens is 268 g/mol. The second kappa shape index (κ2) is 8.29. The number of carbonyl (C=O) groups excluding carboxylic acids is 1. The molecule has 0 heterocycles. The normalized spacial score (nSPS) is 12.0. The van der Waals surface area contributed by atoms with Crippen LogP contribution in [-0.2, 0) is 4.79 Å². The Balaban J connectivity index is 2.87. The first-order valence-corrected chi connectivity index (χ1v) is 7.33. The van der Waals surface area contributed by atoms with Crippen molar-refractivity contribution in [2.24, 2.45) is 5.92 Å². The molecule has 0 spiro atoms. The Labute approximate surface area is 126 Å². The lowest BCUT2D eigenvalue weighted by molar-refractivity contribution is -0.140. The largest absolute Gasteiger partial charge is 0.480 e. The van der Waals surface area contributed by atoms with Gasteiger partial charge in [-0.2, -0.15) is 0 Å². The minimum atomic E-state index is -1.01. The first kappa shape index (κ1) is 17.0. The standard InChI is InChI=1S/C16H24N2O3/c1-4-5-11-18(13-9-7-6-8-10-13)16(21)17-14(12(2)3)15(19)20/h6-10,12,14H,4-5,11H2,1-3H3,(H,17,21)(H,19,20)/t14-/m1/s1. The zero-order valence-electron chi connectivity index (χ0n) is 12.9. The fraction of sp³-hybridized carbons (Fsp3) is 0.500. The van der Waals surface area contributed by atoms with E-state index in [9.17, 15) is 14.7 Å². The summed E-state index contributed by atoms with van der Waals surface area (Å²) in [7, 11) is 0. The van der Waals surface area contributed by atoms with Crippen molar-refractivity contribution in [3.05, 3.63) is 30.3 Å². The fourth-order valence-corrected chi connectivity index (χ4v) is 2.00. The minimum absolute atomic E-state index is 0.171. The molecular formula is C16H24N2O3. The molecule has 0 unspecified atom stereocenters. The van der Waals surface area contributed by atoms with Crippen LogP contribution in [0, 0.1) is 5.92 Å². The van der Waals surface area contributed by atoms with Gasteiger partial charge in [-0.1, -0.05) is 45.4 Å². The summed E-state index contributed by atoms with van der Waals surface area (Å²) in [4.78, 5) is 25.2. The van der Waals surface area contributed by atoms with Crippen LogP contribution in [-0.4, -0.2) is 29.7 Å². The molecule has 5 heteroatoms. The predicted octanol–water partition coefficient (Wildman–Crippen LogP) is 3.11. The summed E-state index contributed by atoms with van der Waals surface area (Å²) >= 11 is 0. The van der Waals surface area contributed by atoms with Crippen LogP contribution >= 0.6 is 0 Å². The number of carboxylic acids is 1. The maximum atomic E-state index is 12.4. The Bertz CT molecular complexity index is 460. The van der Waals surface area contributed by atoms with Gasteiger partial charge in [0.05, 0.1) is 0 Å². The van der Waals surface area contributed by atoms with Crippen molar-refractivity contribution in [3.8, 4) is 0 Å². The van der Waals surface area contributed by atoms with E-state index in [4.69, 9.17) is 0 Å². The third-order valence-corrected chi connectivity index (χ3v) is 3.26. The Hall–Kier alpha value is -2.04. The minimum Gasteiger partial charge on any atom is -0.480 e. The highest BCUT2D eigenvalue weighted by Gasteiger charge is 2.26. The quantitative estimate of drug-likeness (QED) is 0.811. The zero-order valence-corrected chi connectivity index (χ0v) is 12.9. The topological polar surface area (TPSA) is 69.6 Å². The molecule has 0 aliphatic rings. The molecule has 0 saturated heterocycles. The van der Waals surface area contributed by atoms with E-state index in [0.717, 1.165) is 18.5 Å². The molecule has 5 nitrogen and oxygen atoms in total. The number of unbranched alkanes of at least 4 members (excludes halogenated alkanes) is 1. The van der Waals surface area contributed by atoms with E-state index in [1.807, 2.05) is 30.3 Å². The average Bonchev–Trinajstić information content (AvgIpc) is 2.45. The van der Waals surface area contributed by atoms with Gasteiger partial charge < -0.3 is 10.4 Å². The lowest BCUT2D eigenvalue weighted by atomic mass is 10.1. The number of nitrogens with one attached hydrogen (secondary N) is 1. The zero-order chi connectivity index (χ0) is 15.8. The number of aliphatic carboxylic acids is 1. The first-order chi connectivity index (χ1) is 9.97. The second-order valence-electron chi connectivity index (χ2n) is 5.35. The summed E-state index contributed by atoms with van der Waals surface area (Å²) in [5.74, 6) is -1.18. The van der Waals surface area contributed by atoms with Crippen molar-refractivity contribution in [1.82, 2.24) is 5.32 Å². The van der Waals surface area contributed by atoms with Gasteiger partial charge in [-0.25, -0.2) is 9.59 Å². The van der Waals surface area contributed by atoms with Gasteiger partial charge in [0, 0.05) is 12.2 Å². The number of benzene rings is 1. The van der Waals surface area contributed by atoms with Crippen molar-refractivity contribution < 1.29 is 14.7 Å². The number of carbonyl (C=O) groups is 2. The lowest BCUT2D eigenvalue weighted by Gasteiger charge is -2.26. The Morgan fingerprint density at radius 3 is 2.33 bits per heavy atom. The maximum absolute atomic E-state index is 12.4. The summed E-state index contributed by atoms with van der Waals surface area (Å²) in [6, 6.07) is 8.05. The molecule has 2 N–H and O–H groups in total.